The summed E-state index contributed by atoms with van der Waals surface area (Å²) >= 11 is 0. The average Bonchev–Trinajstić information content (AvgIpc) is 4.01. The molecule has 10 nitrogen and oxygen atoms in total. The summed E-state index contributed by atoms with van der Waals surface area (Å²) in [7, 11) is -0.735. The van der Waals surface area contributed by atoms with Crippen LogP contribution < -0.4 is 14.4 Å². The number of hydrogen-bond acceptors (Lipinski definition) is 10. The zero-order chi connectivity index (χ0) is 40.3. The Morgan fingerprint density at radius 3 is 2.32 bits per heavy atom. The van der Waals surface area contributed by atoms with Gasteiger partial charge in [0.1, 0.15) is 36.7 Å². The van der Waals surface area contributed by atoms with E-state index in [0.717, 1.165) is 52.1 Å². The SMILES string of the molecule is COCOc1cc(-c2ncc3c(N4CCCOCC4)nc(OCC4(CN5CCOCC5)CC4)nc3c2F)c2c(C#C[Si](C(C)C)(C(C)C)C(C)C)c(F)ccc2c1. The van der Waals surface area contributed by atoms with Crippen LogP contribution in [0.15, 0.2) is 30.5 Å². The van der Waals surface area contributed by atoms with E-state index in [1.165, 1.54) is 13.2 Å². The van der Waals surface area contributed by atoms with Crippen LogP contribution in [0.4, 0.5) is 14.6 Å². The van der Waals surface area contributed by atoms with Gasteiger partial charge in [0.15, 0.2) is 12.6 Å². The maximum absolute atomic E-state index is 17.5. The minimum atomic E-state index is -2.27. The molecule has 57 heavy (non-hydrogen) atoms. The molecule has 2 aromatic heterocycles. The van der Waals surface area contributed by atoms with Crippen LogP contribution in [0.2, 0.25) is 16.6 Å². The van der Waals surface area contributed by atoms with Gasteiger partial charge in [0, 0.05) is 69.0 Å². The Balaban J connectivity index is 1.38. The predicted octanol–water partition coefficient (Wildman–Crippen LogP) is 8.39. The number of morpholine rings is 1. The summed E-state index contributed by atoms with van der Waals surface area (Å²) in [5.74, 6) is 3.19. The molecule has 0 bridgehead atoms. The lowest BCUT2D eigenvalue weighted by Crippen LogP contribution is -2.43. The number of ether oxygens (including phenoxy) is 5. The summed E-state index contributed by atoms with van der Waals surface area (Å²) in [6, 6.07) is 6.70. The number of hydrogen-bond donors (Lipinski definition) is 0. The van der Waals surface area contributed by atoms with Crippen LogP contribution in [-0.4, -0.2) is 108 Å². The Hall–Kier alpha value is -3.93. The Bertz CT molecular complexity index is 2100. The third-order valence-electron chi connectivity index (χ3n) is 12.2. The molecule has 2 aromatic carbocycles. The molecule has 13 heteroatoms. The summed E-state index contributed by atoms with van der Waals surface area (Å²) < 4.78 is 62.6. The van der Waals surface area contributed by atoms with Gasteiger partial charge in [0.05, 0.1) is 37.4 Å². The maximum Gasteiger partial charge on any atom is 0.319 e. The first-order valence-corrected chi connectivity index (χ1v) is 22.7. The second-order valence-corrected chi connectivity index (χ2v) is 22.4. The zero-order valence-corrected chi connectivity index (χ0v) is 35.6. The van der Waals surface area contributed by atoms with Crippen molar-refractivity contribution in [3.05, 3.63) is 47.7 Å². The summed E-state index contributed by atoms with van der Waals surface area (Å²) in [4.78, 5) is 18.9. The number of halogens is 2. The Kier molecular flexibility index (Phi) is 12.7. The highest BCUT2D eigenvalue weighted by atomic mass is 28.3. The fourth-order valence-corrected chi connectivity index (χ4v) is 14.2. The molecule has 4 aromatic rings. The fraction of sp³-hybridized carbons (Fsp3) is 0.568. The normalized spacial score (nSPS) is 17.6. The van der Waals surface area contributed by atoms with E-state index in [-0.39, 0.29) is 35.0 Å². The first-order valence-electron chi connectivity index (χ1n) is 20.5. The number of methoxy groups -OCH3 is 1. The Morgan fingerprint density at radius 2 is 1.61 bits per heavy atom. The highest BCUT2D eigenvalue weighted by Gasteiger charge is 2.45. The zero-order valence-electron chi connectivity index (χ0n) is 34.6. The van der Waals surface area contributed by atoms with Crippen LogP contribution in [0.1, 0.15) is 66.4 Å². The van der Waals surface area contributed by atoms with Crippen LogP contribution >= 0.6 is 0 Å². The van der Waals surface area contributed by atoms with E-state index in [1.54, 1.807) is 24.4 Å². The first-order chi connectivity index (χ1) is 27.5. The van der Waals surface area contributed by atoms with Gasteiger partial charge >= 0.3 is 6.01 Å². The molecule has 2 aliphatic heterocycles. The van der Waals surface area contributed by atoms with Crippen molar-refractivity contribution in [1.29, 1.82) is 0 Å². The summed E-state index contributed by atoms with van der Waals surface area (Å²) in [6.45, 7) is 20.3. The van der Waals surface area contributed by atoms with Gasteiger partial charge in [-0.15, -0.1) is 5.54 Å². The third kappa shape index (κ3) is 8.62. The van der Waals surface area contributed by atoms with Crippen molar-refractivity contribution in [2.45, 2.75) is 77.4 Å². The quantitative estimate of drug-likeness (QED) is 0.0746. The smallest absolute Gasteiger partial charge is 0.319 e. The number of fused-ring (bicyclic) bond motifs is 2. The van der Waals surface area contributed by atoms with Gasteiger partial charge in [-0.1, -0.05) is 53.5 Å². The molecule has 0 N–H and O–H groups in total. The highest BCUT2D eigenvalue weighted by molar-refractivity contribution is 6.90. The number of aromatic nitrogens is 3. The van der Waals surface area contributed by atoms with Gasteiger partial charge in [-0.05, 0) is 59.5 Å². The van der Waals surface area contributed by atoms with E-state index in [4.69, 9.17) is 38.6 Å². The van der Waals surface area contributed by atoms with E-state index in [0.29, 0.717) is 82.8 Å². The predicted molar refractivity (Wildman–Crippen MR) is 223 cm³/mol. The Morgan fingerprint density at radius 1 is 0.895 bits per heavy atom. The minimum absolute atomic E-state index is 0.00155. The number of anilines is 1. The molecule has 2 saturated heterocycles. The molecule has 0 spiro atoms. The van der Waals surface area contributed by atoms with Crippen molar-refractivity contribution in [2.75, 3.05) is 84.6 Å². The number of nitrogens with zero attached hydrogens (tertiary/aromatic N) is 5. The molecule has 0 unspecified atom stereocenters. The average molecular weight is 802 g/mol. The second kappa shape index (κ2) is 17.5. The number of rotatable bonds is 13. The fourth-order valence-electron chi connectivity index (χ4n) is 8.99. The van der Waals surface area contributed by atoms with Crippen LogP contribution in [0.5, 0.6) is 11.8 Å². The van der Waals surface area contributed by atoms with Crippen LogP contribution in [0.3, 0.4) is 0 Å². The standard InChI is InChI=1S/C44H57F2N5O5Si/c1-29(2)57(30(3)4,31(5)6)22-11-34-37(45)10-9-32-23-33(56-28-52-7)24-35(38(32)34)40-39(46)41-36(25-47-40)42(51-14-8-18-53-21-17-51)49-43(48-41)55-27-44(12-13-44)26-50-15-19-54-20-16-50/h9-10,23-25,29-31H,8,12-21,26-28H2,1-7H3. The topological polar surface area (TPSA) is 91.3 Å². The monoisotopic (exact) mass is 801 g/mol. The van der Waals surface area contributed by atoms with Gasteiger partial charge in [-0.2, -0.15) is 9.97 Å². The van der Waals surface area contributed by atoms with E-state index >= 15 is 8.78 Å². The van der Waals surface area contributed by atoms with Gasteiger partial charge < -0.3 is 28.6 Å². The molecule has 0 radical (unpaired) electrons. The van der Waals surface area contributed by atoms with Crippen molar-refractivity contribution in [3.8, 4) is 34.5 Å². The van der Waals surface area contributed by atoms with Crippen molar-refractivity contribution >= 4 is 35.6 Å². The molecular weight excluding hydrogens is 745 g/mol. The molecule has 1 saturated carbocycles. The van der Waals surface area contributed by atoms with Crippen molar-refractivity contribution < 1.29 is 32.5 Å². The van der Waals surface area contributed by atoms with Gasteiger partial charge in [-0.3, -0.25) is 9.88 Å². The van der Waals surface area contributed by atoms with Crippen LogP contribution in [-0.2, 0) is 14.2 Å². The highest BCUT2D eigenvalue weighted by Crippen LogP contribution is 2.47. The van der Waals surface area contributed by atoms with Crippen molar-refractivity contribution in [2.24, 2.45) is 5.41 Å². The van der Waals surface area contributed by atoms with E-state index < -0.39 is 19.7 Å². The van der Waals surface area contributed by atoms with E-state index in [2.05, 4.69) is 62.8 Å². The molecule has 306 valence electrons. The van der Waals surface area contributed by atoms with Crippen molar-refractivity contribution in [3.63, 3.8) is 0 Å². The minimum Gasteiger partial charge on any atom is -0.468 e. The first kappa shape index (κ1) is 41.2. The Labute approximate surface area is 336 Å². The largest absolute Gasteiger partial charge is 0.468 e. The van der Waals surface area contributed by atoms with Crippen molar-refractivity contribution in [1.82, 2.24) is 19.9 Å². The molecule has 3 aliphatic rings. The summed E-state index contributed by atoms with van der Waals surface area (Å²) in [5.41, 5.74) is 5.35. The van der Waals surface area contributed by atoms with Gasteiger partial charge in [0.25, 0.3) is 0 Å². The third-order valence-corrected chi connectivity index (χ3v) is 18.5. The lowest BCUT2D eigenvalue weighted by molar-refractivity contribution is 0.0231. The second-order valence-electron chi connectivity index (χ2n) is 16.8. The molecule has 3 fully saturated rings. The summed E-state index contributed by atoms with van der Waals surface area (Å²) in [5, 5.41) is 1.57. The lowest BCUT2D eigenvalue weighted by atomic mass is 9.95. The molecule has 1 aliphatic carbocycles. The molecule has 0 atom stereocenters. The number of benzene rings is 2. The molecule has 7 rings (SSSR count). The number of pyridine rings is 1. The maximum atomic E-state index is 17.5. The molecule has 4 heterocycles. The van der Waals surface area contributed by atoms with E-state index in [1.807, 2.05) is 0 Å². The lowest BCUT2D eigenvalue weighted by Gasteiger charge is -2.38. The van der Waals surface area contributed by atoms with Crippen LogP contribution in [0.25, 0.3) is 32.9 Å². The van der Waals surface area contributed by atoms with Gasteiger partial charge in [0.2, 0.25) is 0 Å². The molecule has 0 amide bonds. The van der Waals surface area contributed by atoms with Gasteiger partial charge in [-0.25, -0.2) is 8.78 Å². The van der Waals surface area contributed by atoms with Crippen LogP contribution in [0, 0.1) is 28.5 Å². The molecular formula is C44H57F2N5O5Si. The summed E-state index contributed by atoms with van der Waals surface area (Å²) in [6.07, 6.45) is 4.50. The van der Waals surface area contributed by atoms with E-state index in [9.17, 15) is 0 Å².